The zero-order valence-corrected chi connectivity index (χ0v) is 9.64. The molecule has 2 saturated carbocycles. The lowest BCUT2D eigenvalue weighted by Crippen LogP contribution is -2.39. The number of rotatable bonds is 5. The minimum absolute atomic E-state index is 0.162. The first-order valence-electron chi connectivity index (χ1n) is 6.18. The van der Waals surface area contributed by atoms with Crippen LogP contribution in [0.1, 0.15) is 45.4 Å². The highest BCUT2D eigenvalue weighted by molar-refractivity contribution is 5.78. The van der Waals surface area contributed by atoms with Crippen LogP contribution >= 0.6 is 0 Å². The Hall–Kier alpha value is -0.570. The molecule has 0 aromatic carbocycles. The van der Waals surface area contributed by atoms with Gasteiger partial charge in [-0.05, 0) is 31.1 Å². The molecule has 0 aliphatic heterocycles. The molecule has 1 amide bonds. The summed E-state index contributed by atoms with van der Waals surface area (Å²) in [4.78, 5) is 11.5. The van der Waals surface area contributed by atoms with Crippen molar-refractivity contribution in [1.29, 1.82) is 0 Å². The van der Waals surface area contributed by atoms with Crippen molar-refractivity contribution < 1.29 is 4.79 Å². The van der Waals surface area contributed by atoms with Crippen LogP contribution in [0.5, 0.6) is 0 Å². The van der Waals surface area contributed by atoms with E-state index in [1.54, 1.807) is 0 Å². The maximum Gasteiger partial charge on any atom is 0.233 e. The summed E-state index contributed by atoms with van der Waals surface area (Å²) < 4.78 is 0. The summed E-state index contributed by atoms with van der Waals surface area (Å²) in [6.45, 7) is 3.59. The summed E-state index contributed by atoms with van der Waals surface area (Å²) in [6, 6.07) is 0.590. The first kappa shape index (κ1) is 10.9. The second-order valence-electron chi connectivity index (χ2n) is 5.45. The summed E-state index contributed by atoms with van der Waals surface area (Å²) >= 11 is 0. The topological polar surface area (TPSA) is 41.1 Å². The van der Waals surface area contributed by atoms with E-state index in [9.17, 15) is 4.79 Å². The van der Waals surface area contributed by atoms with Gasteiger partial charge in [-0.3, -0.25) is 4.79 Å². The molecule has 0 atom stereocenters. The van der Waals surface area contributed by atoms with Gasteiger partial charge in [0.15, 0.2) is 0 Å². The molecule has 0 heterocycles. The molecule has 15 heavy (non-hydrogen) atoms. The molecule has 0 bridgehead atoms. The standard InChI is InChI=1S/C12H22N2O/c1-12(6-7-12)9-14-11(15)8-13-10-4-2-3-5-10/h10,13H,2-9H2,1H3,(H,14,15). The molecule has 2 fully saturated rings. The maximum absolute atomic E-state index is 11.5. The first-order chi connectivity index (χ1) is 7.18. The van der Waals surface area contributed by atoms with Crippen molar-refractivity contribution in [3.63, 3.8) is 0 Å². The minimum Gasteiger partial charge on any atom is -0.354 e. The number of carbonyl (C=O) groups excluding carboxylic acids is 1. The fraction of sp³-hybridized carbons (Fsp3) is 0.917. The highest BCUT2D eigenvalue weighted by Gasteiger charge is 2.37. The fourth-order valence-electron chi connectivity index (χ4n) is 2.13. The van der Waals surface area contributed by atoms with Gasteiger partial charge in [0.25, 0.3) is 0 Å². The number of nitrogens with one attached hydrogen (secondary N) is 2. The van der Waals surface area contributed by atoms with Crippen LogP contribution in [-0.4, -0.2) is 25.0 Å². The molecule has 0 aromatic rings. The molecule has 0 unspecified atom stereocenters. The van der Waals surface area contributed by atoms with Crippen LogP contribution in [0, 0.1) is 5.41 Å². The van der Waals surface area contributed by atoms with Crippen molar-refractivity contribution in [3.8, 4) is 0 Å². The summed E-state index contributed by atoms with van der Waals surface area (Å²) in [5.41, 5.74) is 0.420. The van der Waals surface area contributed by atoms with Crippen LogP contribution in [0.25, 0.3) is 0 Å². The lowest BCUT2D eigenvalue weighted by atomic mass is 10.1. The van der Waals surface area contributed by atoms with E-state index in [2.05, 4.69) is 17.6 Å². The van der Waals surface area contributed by atoms with E-state index in [1.807, 2.05) is 0 Å². The Morgan fingerprint density at radius 3 is 2.60 bits per heavy atom. The molecule has 86 valence electrons. The second-order valence-corrected chi connectivity index (χ2v) is 5.45. The Balaban J connectivity index is 1.55. The summed E-state index contributed by atoms with van der Waals surface area (Å²) in [6.07, 6.45) is 7.65. The third-order valence-electron chi connectivity index (χ3n) is 3.72. The Morgan fingerprint density at radius 2 is 2.00 bits per heavy atom. The Labute approximate surface area is 92.0 Å². The van der Waals surface area contributed by atoms with E-state index in [-0.39, 0.29) is 5.91 Å². The van der Waals surface area contributed by atoms with Gasteiger partial charge in [-0.1, -0.05) is 19.8 Å². The molecule has 0 saturated heterocycles. The van der Waals surface area contributed by atoms with Gasteiger partial charge in [-0.2, -0.15) is 0 Å². The Bertz CT molecular complexity index is 230. The molecular weight excluding hydrogens is 188 g/mol. The predicted octanol–water partition coefficient (Wildman–Crippen LogP) is 1.43. The zero-order valence-electron chi connectivity index (χ0n) is 9.64. The van der Waals surface area contributed by atoms with Gasteiger partial charge in [0, 0.05) is 12.6 Å². The average Bonchev–Trinajstić information content (AvgIpc) is 2.77. The van der Waals surface area contributed by atoms with Gasteiger partial charge >= 0.3 is 0 Å². The van der Waals surface area contributed by atoms with E-state index in [4.69, 9.17) is 0 Å². The van der Waals surface area contributed by atoms with Gasteiger partial charge in [0.05, 0.1) is 6.54 Å². The molecule has 0 spiro atoms. The van der Waals surface area contributed by atoms with E-state index < -0.39 is 0 Å². The average molecular weight is 210 g/mol. The van der Waals surface area contributed by atoms with Gasteiger partial charge in [-0.25, -0.2) is 0 Å². The number of carbonyl (C=O) groups is 1. The predicted molar refractivity (Wildman–Crippen MR) is 60.6 cm³/mol. The van der Waals surface area contributed by atoms with Crippen molar-refractivity contribution in [1.82, 2.24) is 10.6 Å². The SMILES string of the molecule is CC1(CNC(=O)CNC2CCCC2)CC1. The van der Waals surface area contributed by atoms with Crippen molar-refractivity contribution in [2.75, 3.05) is 13.1 Å². The highest BCUT2D eigenvalue weighted by atomic mass is 16.1. The first-order valence-corrected chi connectivity index (χ1v) is 6.18. The maximum atomic E-state index is 11.5. The molecule has 2 N–H and O–H groups in total. The van der Waals surface area contributed by atoms with E-state index in [1.165, 1.54) is 38.5 Å². The van der Waals surface area contributed by atoms with Gasteiger partial charge in [0.2, 0.25) is 5.91 Å². The largest absolute Gasteiger partial charge is 0.354 e. The van der Waals surface area contributed by atoms with Crippen LogP contribution in [0.4, 0.5) is 0 Å². The van der Waals surface area contributed by atoms with Crippen molar-refractivity contribution in [2.24, 2.45) is 5.41 Å². The lowest BCUT2D eigenvalue weighted by molar-refractivity contribution is -0.120. The number of hydrogen-bond donors (Lipinski definition) is 2. The van der Waals surface area contributed by atoms with Crippen LogP contribution in [-0.2, 0) is 4.79 Å². The fourth-order valence-corrected chi connectivity index (χ4v) is 2.13. The molecule has 3 nitrogen and oxygen atoms in total. The van der Waals surface area contributed by atoms with E-state index >= 15 is 0 Å². The Morgan fingerprint density at radius 1 is 1.33 bits per heavy atom. The summed E-state index contributed by atoms with van der Waals surface area (Å²) in [5.74, 6) is 0.162. The van der Waals surface area contributed by atoms with Crippen LogP contribution < -0.4 is 10.6 Å². The monoisotopic (exact) mass is 210 g/mol. The number of amides is 1. The molecule has 2 aliphatic rings. The molecular formula is C12H22N2O. The summed E-state index contributed by atoms with van der Waals surface area (Å²) in [7, 11) is 0. The third-order valence-corrected chi connectivity index (χ3v) is 3.72. The lowest BCUT2D eigenvalue weighted by Gasteiger charge is -2.13. The minimum atomic E-state index is 0.162. The van der Waals surface area contributed by atoms with Gasteiger partial charge in [-0.15, -0.1) is 0 Å². The van der Waals surface area contributed by atoms with Crippen molar-refractivity contribution >= 4 is 5.91 Å². The molecule has 2 aliphatic carbocycles. The van der Waals surface area contributed by atoms with Crippen LogP contribution in [0.15, 0.2) is 0 Å². The molecule has 0 radical (unpaired) electrons. The quantitative estimate of drug-likeness (QED) is 0.721. The zero-order chi connectivity index (χ0) is 10.7. The molecule has 0 aromatic heterocycles. The van der Waals surface area contributed by atoms with Crippen molar-refractivity contribution in [3.05, 3.63) is 0 Å². The van der Waals surface area contributed by atoms with E-state index in [0.717, 1.165) is 6.54 Å². The van der Waals surface area contributed by atoms with Crippen LogP contribution in [0.3, 0.4) is 0 Å². The van der Waals surface area contributed by atoms with E-state index in [0.29, 0.717) is 18.0 Å². The van der Waals surface area contributed by atoms with Crippen LogP contribution in [0.2, 0.25) is 0 Å². The smallest absolute Gasteiger partial charge is 0.233 e. The third kappa shape index (κ3) is 3.49. The second kappa shape index (κ2) is 4.52. The highest BCUT2D eigenvalue weighted by Crippen LogP contribution is 2.43. The molecule has 3 heteroatoms. The van der Waals surface area contributed by atoms with Crippen molar-refractivity contribution in [2.45, 2.75) is 51.5 Å². The molecule has 2 rings (SSSR count). The number of hydrogen-bond acceptors (Lipinski definition) is 2. The normalized spacial score (nSPS) is 24.1. The van der Waals surface area contributed by atoms with Gasteiger partial charge < -0.3 is 10.6 Å². The summed E-state index contributed by atoms with van der Waals surface area (Å²) in [5, 5.41) is 6.33. The Kier molecular flexibility index (Phi) is 3.29. The van der Waals surface area contributed by atoms with Gasteiger partial charge in [0.1, 0.15) is 0 Å².